The van der Waals surface area contributed by atoms with Crippen LogP contribution in [-0.4, -0.2) is 34.7 Å². The van der Waals surface area contributed by atoms with Gasteiger partial charge in [-0.1, -0.05) is 19.1 Å². The average molecular weight is 292 g/mol. The zero-order valence-electron chi connectivity index (χ0n) is 11.3. The molecule has 6 heteroatoms. The van der Waals surface area contributed by atoms with Crippen LogP contribution in [-0.2, 0) is 4.79 Å². The van der Waals surface area contributed by atoms with Crippen molar-refractivity contribution in [3.63, 3.8) is 0 Å². The Balaban J connectivity index is 2.33. The first-order chi connectivity index (χ1) is 9.58. The zero-order chi connectivity index (χ0) is 14.7. The van der Waals surface area contributed by atoms with E-state index >= 15 is 0 Å². The van der Waals surface area contributed by atoms with Crippen molar-refractivity contribution in [2.24, 2.45) is 0 Å². The van der Waals surface area contributed by atoms with E-state index in [1.165, 1.54) is 12.0 Å². The fourth-order valence-electron chi connectivity index (χ4n) is 1.97. The van der Waals surface area contributed by atoms with Crippen LogP contribution in [0.1, 0.15) is 18.9 Å². The molecule has 0 aliphatic carbocycles. The molecule has 0 radical (unpaired) electrons. The number of hydrogen-bond donors (Lipinski definition) is 2. The number of amides is 1. The topological polar surface area (TPSA) is 61.8 Å². The van der Waals surface area contributed by atoms with Crippen molar-refractivity contribution in [2.45, 2.75) is 13.3 Å². The molecule has 0 bridgehead atoms. The van der Waals surface area contributed by atoms with Crippen LogP contribution < -0.4 is 10.1 Å². The smallest absolute Gasteiger partial charge is 0.276 e. The van der Waals surface area contributed by atoms with Gasteiger partial charge >= 0.3 is 0 Å². The number of nitrogens with zero attached hydrogens (tertiary/aromatic N) is 1. The number of ether oxygens (including phenoxy) is 1. The number of phenols is 1. The molecule has 106 valence electrons. The van der Waals surface area contributed by atoms with Gasteiger partial charge in [0.1, 0.15) is 5.70 Å². The second-order valence-electron chi connectivity index (χ2n) is 4.34. The number of thiocarbonyl (C=S) groups is 1. The van der Waals surface area contributed by atoms with Gasteiger partial charge in [-0.3, -0.25) is 9.69 Å². The van der Waals surface area contributed by atoms with Gasteiger partial charge < -0.3 is 15.2 Å². The molecular formula is C14H16N2O3S. The molecule has 0 spiro atoms. The van der Waals surface area contributed by atoms with Gasteiger partial charge in [0.05, 0.1) is 7.11 Å². The van der Waals surface area contributed by atoms with E-state index in [2.05, 4.69) is 5.32 Å². The van der Waals surface area contributed by atoms with Gasteiger partial charge in [-0.15, -0.1) is 0 Å². The quantitative estimate of drug-likeness (QED) is 0.655. The molecule has 0 saturated carbocycles. The number of aromatic hydroxyl groups is 1. The third-order valence-electron chi connectivity index (χ3n) is 2.96. The predicted octanol–water partition coefficient (Wildman–Crippen LogP) is 1.87. The lowest BCUT2D eigenvalue weighted by atomic mass is 10.1. The minimum Gasteiger partial charge on any atom is -0.504 e. The number of nitrogens with one attached hydrogen (secondary N) is 1. The van der Waals surface area contributed by atoms with E-state index < -0.39 is 0 Å². The molecule has 1 aromatic carbocycles. The summed E-state index contributed by atoms with van der Waals surface area (Å²) in [6.07, 6.45) is 2.40. The van der Waals surface area contributed by atoms with Crippen molar-refractivity contribution in [3.8, 4) is 11.5 Å². The summed E-state index contributed by atoms with van der Waals surface area (Å²) in [7, 11) is 1.48. The highest BCUT2D eigenvalue weighted by atomic mass is 32.1. The lowest BCUT2D eigenvalue weighted by Crippen LogP contribution is -2.31. The van der Waals surface area contributed by atoms with Crippen molar-refractivity contribution < 1.29 is 14.6 Å². The van der Waals surface area contributed by atoms with E-state index in [0.717, 1.165) is 6.42 Å². The summed E-state index contributed by atoms with van der Waals surface area (Å²) >= 11 is 5.12. The van der Waals surface area contributed by atoms with E-state index in [-0.39, 0.29) is 11.7 Å². The van der Waals surface area contributed by atoms with Gasteiger partial charge in [0, 0.05) is 12.1 Å². The zero-order valence-corrected chi connectivity index (χ0v) is 12.2. The maximum absolute atomic E-state index is 12.2. The largest absolute Gasteiger partial charge is 0.504 e. The normalized spacial score (nSPS) is 16.7. The number of phenolic OH excluding ortho intramolecular Hbond substituents is 1. The molecule has 1 saturated heterocycles. The van der Waals surface area contributed by atoms with Crippen LogP contribution in [0, 0.1) is 0 Å². The molecule has 2 N–H and O–H groups in total. The van der Waals surface area contributed by atoms with Gasteiger partial charge in [0.2, 0.25) is 0 Å². The maximum atomic E-state index is 12.2. The predicted molar refractivity (Wildman–Crippen MR) is 80.4 cm³/mol. The Morgan fingerprint density at radius 1 is 1.50 bits per heavy atom. The minimum atomic E-state index is -0.181. The first kappa shape index (κ1) is 14.3. The van der Waals surface area contributed by atoms with Crippen LogP contribution in [0.2, 0.25) is 0 Å². The fourth-order valence-corrected chi connectivity index (χ4v) is 2.26. The third-order valence-corrected chi connectivity index (χ3v) is 3.28. The van der Waals surface area contributed by atoms with Gasteiger partial charge in [0.15, 0.2) is 16.6 Å². The Bertz CT molecular complexity index is 584. The molecule has 1 aliphatic rings. The highest BCUT2D eigenvalue weighted by Gasteiger charge is 2.29. The molecule has 1 aromatic rings. The van der Waals surface area contributed by atoms with Crippen LogP contribution in [0.5, 0.6) is 11.5 Å². The van der Waals surface area contributed by atoms with Crippen molar-refractivity contribution >= 4 is 29.3 Å². The van der Waals surface area contributed by atoms with Crippen LogP contribution in [0.25, 0.3) is 6.08 Å². The molecule has 5 nitrogen and oxygen atoms in total. The molecule has 2 rings (SSSR count). The second-order valence-corrected chi connectivity index (χ2v) is 4.73. The molecule has 0 atom stereocenters. The first-order valence-electron chi connectivity index (χ1n) is 6.29. The van der Waals surface area contributed by atoms with Crippen molar-refractivity contribution in [2.75, 3.05) is 13.7 Å². The third kappa shape index (κ3) is 2.60. The van der Waals surface area contributed by atoms with Crippen LogP contribution >= 0.6 is 12.2 Å². The Hall–Kier alpha value is -2.08. The van der Waals surface area contributed by atoms with E-state index in [1.54, 1.807) is 24.3 Å². The van der Waals surface area contributed by atoms with Crippen molar-refractivity contribution in [3.05, 3.63) is 29.5 Å². The van der Waals surface area contributed by atoms with Gasteiger partial charge in [0.25, 0.3) is 5.91 Å². The number of benzene rings is 1. The van der Waals surface area contributed by atoms with Crippen LogP contribution in [0.4, 0.5) is 0 Å². The Morgan fingerprint density at radius 2 is 2.25 bits per heavy atom. The van der Waals surface area contributed by atoms with E-state index in [4.69, 9.17) is 17.0 Å². The Kier molecular flexibility index (Phi) is 4.24. The van der Waals surface area contributed by atoms with Gasteiger partial charge in [-0.05, 0) is 30.8 Å². The highest BCUT2D eigenvalue weighted by molar-refractivity contribution is 7.80. The minimum absolute atomic E-state index is 0.00281. The molecule has 1 aliphatic heterocycles. The second kappa shape index (κ2) is 5.92. The summed E-state index contributed by atoms with van der Waals surface area (Å²) in [6, 6.07) is 5.09. The van der Waals surface area contributed by atoms with Crippen LogP contribution in [0.15, 0.2) is 23.9 Å². The lowest BCUT2D eigenvalue weighted by Gasteiger charge is -2.11. The lowest BCUT2D eigenvalue weighted by molar-refractivity contribution is -0.122. The fraction of sp³-hybridized carbons (Fsp3) is 0.286. The van der Waals surface area contributed by atoms with Crippen molar-refractivity contribution in [1.29, 1.82) is 0 Å². The Morgan fingerprint density at radius 3 is 2.90 bits per heavy atom. The summed E-state index contributed by atoms with van der Waals surface area (Å²) < 4.78 is 5.04. The molecule has 0 unspecified atom stereocenters. The van der Waals surface area contributed by atoms with E-state index in [9.17, 15) is 9.90 Å². The summed E-state index contributed by atoms with van der Waals surface area (Å²) in [5.74, 6) is 0.175. The Labute approximate surface area is 122 Å². The number of rotatable bonds is 4. The summed E-state index contributed by atoms with van der Waals surface area (Å²) in [4.78, 5) is 13.7. The number of carbonyl (C=O) groups is 1. The van der Waals surface area contributed by atoms with Gasteiger partial charge in [-0.25, -0.2) is 0 Å². The number of para-hydroxylation sites is 1. The van der Waals surface area contributed by atoms with E-state index in [1.807, 2.05) is 6.92 Å². The standard InChI is InChI=1S/C14H16N2O3S/c1-3-7-16-13(18)10(15-14(16)20)8-9-5-4-6-11(19-2)12(9)17/h4-6,8,17H,3,7H2,1-2H3,(H,15,20)/b10-8+. The molecule has 1 fully saturated rings. The first-order valence-corrected chi connectivity index (χ1v) is 6.69. The number of carbonyl (C=O) groups excluding carboxylic acids is 1. The SMILES string of the molecule is CCCN1C(=O)/C(=C\c2cccc(OC)c2O)NC1=S. The summed E-state index contributed by atoms with van der Waals surface area (Å²) in [6.45, 7) is 2.55. The summed E-state index contributed by atoms with van der Waals surface area (Å²) in [5.41, 5.74) is 0.855. The molecule has 0 aromatic heterocycles. The monoisotopic (exact) mass is 292 g/mol. The highest BCUT2D eigenvalue weighted by Crippen LogP contribution is 2.31. The number of hydrogen-bond acceptors (Lipinski definition) is 4. The number of methoxy groups -OCH3 is 1. The molecular weight excluding hydrogens is 276 g/mol. The van der Waals surface area contributed by atoms with E-state index in [0.29, 0.717) is 28.7 Å². The molecule has 20 heavy (non-hydrogen) atoms. The van der Waals surface area contributed by atoms with Crippen LogP contribution in [0.3, 0.4) is 0 Å². The molecule has 1 heterocycles. The average Bonchev–Trinajstić information content (AvgIpc) is 2.69. The van der Waals surface area contributed by atoms with Crippen molar-refractivity contribution in [1.82, 2.24) is 10.2 Å². The maximum Gasteiger partial charge on any atom is 0.276 e. The molecule has 1 amide bonds. The van der Waals surface area contributed by atoms with Gasteiger partial charge in [-0.2, -0.15) is 0 Å². The summed E-state index contributed by atoms with van der Waals surface area (Å²) in [5, 5.41) is 13.3.